The van der Waals surface area contributed by atoms with Gasteiger partial charge in [-0.2, -0.15) is 18.3 Å². The first-order chi connectivity index (χ1) is 13.2. The van der Waals surface area contributed by atoms with Gasteiger partial charge < -0.3 is 10.2 Å². The standard InChI is InChI=1S/C17H18F3N5O3/c18-17(19,20)12-3-1-2-10(6-12)8-25-9-11(4-5-14(25)26)15(27)21-7-13-22-16(28)24-23-13/h1-3,6,11H,4-5,7-9H2,(H,21,27)(H2,22,23,24,28). The number of likely N-dealkylation sites (tertiary alicyclic amines) is 1. The lowest BCUT2D eigenvalue weighted by Crippen LogP contribution is -2.45. The average molecular weight is 397 g/mol. The molecule has 0 aliphatic carbocycles. The number of benzene rings is 1. The van der Waals surface area contributed by atoms with E-state index in [0.717, 1.165) is 12.1 Å². The van der Waals surface area contributed by atoms with Crippen LogP contribution in [0, 0.1) is 5.92 Å². The van der Waals surface area contributed by atoms with Crippen molar-refractivity contribution in [2.45, 2.75) is 32.1 Å². The first-order valence-electron chi connectivity index (χ1n) is 8.57. The Balaban J connectivity index is 1.61. The van der Waals surface area contributed by atoms with E-state index in [1.54, 1.807) is 0 Å². The van der Waals surface area contributed by atoms with Gasteiger partial charge in [0, 0.05) is 19.5 Å². The van der Waals surface area contributed by atoms with Crippen molar-refractivity contribution in [3.05, 3.63) is 51.7 Å². The summed E-state index contributed by atoms with van der Waals surface area (Å²) < 4.78 is 38.6. The highest BCUT2D eigenvalue weighted by Gasteiger charge is 2.32. The van der Waals surface area contributed by atoms with Crippen LogP contribution in [0.3, 0.4) is 0 Å². The molecule has 3 rings (SSSR count). The van der Waals surface area contributed by atoms with Crippen molar-refractivity contribution >= 4 is 11.8 Å². The van der Waals surface area contributed by atoms with E-state index in [4.69, 9.17) is 0 Å². The van der Waals surface area contributed by atoms with Crippen molar-refractivity contribution in [1.29, 1.82) is 0 Å². The average Bonchev–Trinajstić information content (AvgIpc) is 3.06. The number of H-pyrrole nitrogens is 2. The minimum Gasteiger partial charge on any atom is -0.349 e. The minimum absolute atomic E-state index is 0.000775. The fourth-order valence-electron chi connectivity index (χ4n) is 3.05. The second-order valence-electron chi connectivity index (χ2n) is 6.55. The van der Waals surface area contributed by atoms with Crippen LogP contribution in [0.1, 0.15) is 29.8 Å². The third-order valence-electron chi connectivity index (χ3n) is 4.48. The molecule has 1 atom stereocenters. The lowest BCUT2D eigenvalue weighted by molar-refractivity contribution is -0.139. The van der Waals surface area contributed by atoms with Gasteiger partial charge in [0.1, 0.15) is 5.82 Å². The van der Waals surface area contributed by atoms with Gasteiger partial charge in [-0.3, -0.25) is 14.6 Å². The number of halogens is 3. The summed E-state index contributed by atoms with van der Waals surface area (Å²) in [5, 5.41) is 8.49. The van der Waals surface area contributed by atoms with E-state index in [1.807, 2.05) is 0 Å². The molecule has 2 aromatic rings. The van der Waals surface area contributed by atoms with Crippen LogP contribution in [0.5, 0.6) is 0 Å². The van der Waals surface area contributed by atoms with Crippen molar-refractivity contribution in [2.24, 2.45) is 5.92 Å². The van der Waals surface area contributed by atoms with Crippen molar-refractivity contribution in [3.63, 3.8) is 0 Å². The molecule has 1 saturated heterocycles. The van der Waals surface area contributed by atoms with Gasteiger partial charge >= 0.3 is 11.9 Å². The van der Waals surface area contributed by atoms with Crippen LogP contribution in [0.2, 0.25) is 0 Å². The van der Waals surface area contributed by atoms with Crippen molar-refractivity contribution < 1.29 is 22.8 Å². The van der Waals surface area contributed by atoms with Gasteiger partial charge in [-0.1, -0.05) is 12.1 Å². The maximum Gasteiger partial charge on any atom is 0.416 e. The molecule has 1 unspecified atom stereocenters. The lowest BCUT2D eigenvalue weighted by atomic mass is 9.96. The Labute approximate surface area is 157 Å². The Kier molecular flexibility index (Phi) is 5.52. The summed E-state index contributed by atoms with van der Waals surface area (Å²) in [6.07, 6.45) is -3.98. The highest BCUT2D eigenvalue weighted by molar-refractivity contribution is 5.83. The number of rotatable bonds is 5. The Morgan fingerprint density at radius 1 is 1.32 bits per heavy atom. The highest BCUT2D eigenvalue weighted by Crippen LogP contribution is 2.30. The quantitative estimate of drug-likeness (QED) is 0.703. The molecule has 1 aliphatic rings. The van der Waals surface area contributed by atoms with Crippen molar-refractivity contribution in [3.8, 4) is 0 Å². The lowest BCUT2D eigenvalue weighted by Gasteiger charge is -2.32. The first-order valence-corrected chi connectivity index (χ1v) is 8.57. The van der Waals surface area contributed by atoms with Gasteiger partial charge in [0.05, 0.1) is 18.0 Å². The molecule has 150 valence electrons. The van der Waals surface area contributed by atoms with Crippen LogP contribution in [0.4, 0.5) is 13.2 Å². The minimum atomic E-state index is -4.46. The first kappa shape index (κ1) is 19.6. The molecule has 2 heterocycles. The van der Waals surface area contributed by atoms with Gasteiger partial charge in [0.2, 0.25) is 11.8 Å². The molecule has 2 amide bonds. The molecule has 0 radical (unpaired) electrons. The number of alkyl halides is 3. The van der Waals surface area contributed by atoms with Gasteiger partial charge in [0.25, 0.3) is 0 Å². The molecule has 3 N–H and O–H groups in total. The van der Waals surface area contributed by atoms with E-state index in [-0.39, 0.29) is 43.7 Å². The normalized spacial score (nSPS) is 17.6. The predicted molar refractivity (Wildman–Crippen MR) is 90.6 cm³/mol. The molecule has 8 nitrogen and oxygen atoms in total. The molecule has 0 saturated carbocycles. The Bertz CT molecular complexity index is 921. The second kappa shape index (κ2) is 7.87. The number of piperidine rings is 1. The van der Waals surface area contributed by atoms with Crippen LogP contribution < -0.4 is 11.0 Å². The number of aromatic amines is 2. The zero-order valence-electron chi connectivity index (χ0n) is 14.7. The molecule has 1 fully saturated rings. The summed E-state index contributed by atoms with van der Waals surface area (Å²) in [7, 11) is 0. The molecule has 1 aromatic heterocycles. The van der Waals surface area contributed by atoms with E-state index < -0.39 is 23.3 Å². The Morgan fingerprint density at radius 3 is 2.79 bits per heavy atom. The van der Waals surface area contributed by atoms with E-state index in [0.29, 0.717) is 12.0 Å². The fourth-order valence-corrected chi connectivity index (χ4v) is 3.05. The maximum absolute atomic E-state index is 12.9. The summed E-state index contributed by atoms with van der Waals surface area (Å²) >= 11 is 0. The fraction of sp³-hybridized carbons (Fsp3) is 0.412. The summed E-state index contributed by atoms with van der Waals surface area (Å²) in [5.74, 6) is -0.747. The van der Waals surface area contributed by atoms with Gasteiger partial charge in [-0.15, -0.1) is 0 Å². The zero-order valence-corrected chi connectivity index (χ0v) is 14.7. The summed E-state index contributed by atoms with van der Waals surface area (Å²) in [4.78, 5) is 39.3. The molecule has 11 heteroatoms. The molecule has 28 heavy (non-hydrogen) atoms. The smallest absolute Gasteiger partial charge is 0.349 e. The van der Waals surface area contributed by atoms with Crippen LogP contribution in [0.25, 0.3) is 0 Å². The topological polar surface area (TPSA) is 111 Å². The highest BCUT2D eigenvalue weighted by atomic mass is 19.4. The van der Waals surface area contributed by atoms with E-state index >= 15 is 0 Å². The Hall–Kier alpha value is -3.11. The third-order valence-corrected chi connectivity index (χ3v) is 4.48. The van der Waals surface area contributed by atoms with Gasteiger partial charge in [0.15, 0.2) is 0 Å². The summed E-state index contributed by atoms with van der Waals surface area (Å²) in [5.41, 5.74) is -0.921. The van der Waals surface area contributed by atoms with Gasteiger partial charge in [-0.05, 0) is 24.1 Å². The number of carbonyl (C=O) groups is 2. The molecule has 0 spiro atoms. The SMILES string of the molecule is O=C(NCc1n[nH]c(=O)[nH]1)C1CCC(=O)N(Cc2cccc(C(F)(F)F)c2)C1. The predicted octanol–water partition coefficient (Wildman–Crippen LogP) is 1.17. The second-order valence-corrected chi connectivity index (χ2v) is 6.55. The molecule has 0 bridgehead atoms. The van der Waals surface area contributed by atoms with Crippen LogP contribution in [0.15, 0.2) is 29.1 Å². The van der Waals surface area contributed by atoms with Crippen LogP contribution >= 0.6 is 0 Å². The van der Waals surface area contributed by atoms with Crippen LogP contribution in [-0.2, 0) is 28.9 Å². The third kappa shape index (κ3) is 4.78. The number of nitrogens with one attached hydrogen (secondary N) is 3. The maximum atomic E-state index is 12.9. The number of amides is 2. The van der Waals surface area contributed by atoms with Crippen molar-refractivity contribution in [2.75, 3.05) is 6.54 Å². The largest absolute Gasteiger partial charge is 0.416 e. The number of hydrogen-bond donors (Lipinski definition) is 3. The van der Waals surface area contributed by atoms with E-state index in [2.05, 4.69) is 20.5 Å². The number of nitrogens with zero attached hydrogens (tertiary/aromatic N) is 2. The van der Waals surface area contributed by atoms with Crippen molar-refractivity contribution in [1.82, 2.24) is 25.4 Å². The number of hydrogen-bond acceptors (Lipinski definition) is 4. The van der Waals surface area contributed by atoms with E-state index in [1.165, 1.54) is 17.0 Å². The number of aromatic nitrogens is 3. The zero-order chi connectivity index (χ0) is 20.3. The van der Waals surface area contributed by atoms with Gasteiger partial charge in [-0.25, -0.2) is 9.89 Å². The monoisotopic (exact) mass is 397 g/mol. The number of carbonyl (C=O) groups excluding carboxylic acids is 2. The van der Waals surface area contributed by atoms with E-state index in [9.17, 15) is 27.6 Å². The van der Waals surface area contributed by atoms with Crippen LogP contribution in [-0.4, -0.2) is 38.4 Å². The summed E-state index contributed by atoms with van der Waals surface area (Å²) in [6, 6.07) is 4.78. The molecule has 1 aliphatic heterocycles. The summed E-state index contributed by atoms with van der Waals surface area (Å²) in [6.45, 7) is 0.132. The Morgan fingerprint density at radius 2 is 2.11 bits per heavy atom. The molecule has 1 aromatic carbocycles. The molecular formula is C17H18F3N5O3. The molecular weight excluding hydrogens is 379 g/mol.